The van der Waals surface area contributed by atoms with E-state index in [2.05, 4.69) is 20.6 Å². The summed E-state index contributed by atoms with van der Waals surface area (Å²) in [7, 11) is 0. The normalized spacial score (nSPS) is 17.3. The first-order valence-electron chi connectivity index (χ1n) is 8.53. The van der Waals surface area contributed by atoms with Crippen molar-refractivity contribution >= 4 is 22.4 Å². The molecule has 2 heterocycles. The third kappa shape index (κ3) is 4.05. The molecule has 26 heavy (non-hydrogen) atoms. The minimum Gasteiger partial charge on any atom is -0.299 e. The SMILES string of the molecule is Cc1cc(C(F)(F)F)nn1C(C)C(=O)Nc1nnc(C2CCCCC2)s1. The van der Waals surface area contributed by atoms with Gasteiger partial charge in [-0.25, -0.2) is 0 Å². The number of carbonyl (C=O) groups excluding carboxylic acids is 1. The van der Waals surface area contributed by atoms with Crippen molar-refractivity contribution in [2.75, 3.05) is 5.32 Å². The van der Waals surface area contributed by atoms with Crippen molar-refractivity contribution in [2.24, 2.45) is 0 Å². The second kappa shape index (κ2) is 7.34. The van der Waals surface area contributed by atoms with Crippen LogP contribution in [0.25, 0.3) is 0 Å². The summed E-state index contributed by atoms with van der Waals surface area (Å²) in [6.07, 6.45) is 1.18. The van der Waals surface area contributed by atoms with Crippen LogP contribution < -0.4 is 5.32 Å². The molecule has 6 nitrogen and oxygen atoms in total. The average Bonchev–Trinajstić information content (AvgIpc) is 3.21. The van der Waals surface area contributed by atoms with Crippen molar-refractivity contribution in [3.8, 4) is 0 Å². The summed E-state index contributed by atoms with van der Waals surface area (Å²) >= 11 is 1.33. The Morgan fingerprint density at radius 1 is 1.31 bits per heavy atom. The van der Waals surface area contributed by atoms with E-state index >= 15 is 0 Å². The van der Waals surface area contributed by atoms with Crippen molar-refractivity contribution in [1.82, 2.24) is 20.0 Å². The number of anilines is 1. The van der Waals surface area contributed by atoms with E-state index in [0.29, 0.717) is 11.0 Å². The maximum atomic E-state index is 12.8. The molecule has 1 amide bonds. The predicted octanol–water partition coefficient (Wildman–Crippen LogP) is 4.31. The molecule has 0 aliphatic heterocycles. The Morgan fingerprint density at radius 3 is 2.62 bits per heavy atom. The Morgan fingerprint density at radius 2 is 2.00 bits per heavy atom. The lowest BCUT2D eigenvalue weighted by Crippen LogP contribution is -2.25. The van der Waals surface area contributed by atoms with E-state index in [4.69, 9.17) is 0 Å². The highest BCUT2D eigenvalue weighted by Gasteiger charge is 2.35. The number of aromatic nitrogens is 4. The van der Waals surface area contributed by atoms with Crippen LogP contribution in [-0.2, 0) is 11.0 Å². The largest absolute Gasteiger partial charge is 0.435 e. The Hall–Kier alpha value is -1.97. The number of nitrogens with zero attached hydrogens (tertiary/aromatic N) is 4. The van der Waals surface area contributed by atoms with E-state index in [1.54, 1.807) is 0 Å². The first-order valence-corrected chi connectivity index (χ1v) is 9.35. The Labute approximate surface area is 152 Å². The molecule has 0 radical (unpaired) electrons. The van der Waals surface area contributed by atoms with Crippen LogP contribution in [0.5, 0.6) is 0 Å². The number of nitrogens with one attached hydrogen (secondary N) is 1. The van der Waals surface area contributed by atoms with Gasteiger partial charge in [-0.1, -0.05) is 30.6 Å². The number of alkyl halides is 3. The van der Waals surface area contributed by atoms with E-state index in [0.717, 1.165) is 28.6 Å². The van der Waals surface area contributed by atoms with E-state index in [9.17, 15) is 18.0 Å². The fraction of sp³-hybridized carbons (Fsp3) is 0.625. The molecular formula is C16H20F3N5OS. The molecular weight excluding hydrogens is 367 g/mol. The topological polar surface area (TPSA) is 72.7 Å². The summed E-state index contributed by atoms with van der Waals surface area (Å²) in [5, 5.41) is 15.6. The molecule has 0 spiro atoms. The van der Waals surface area contributed by atoms with E-state index in [1.165, 1.54) is 44.4 Å². The van der Waals surface area contributed by atoms with Crippen LogP contribution >= 0.6 is 11.3 Å². The van der Waals surface area contributed by atoms with Gasteiger partial charge in [0.1, 0.15) is 11.0 Å². The molecule has 1 unspecified atom stereocenters. The quantitative estimate of drug-likeness (QED) is 0.849. The second-order valence-electron chi connectivity index (χ2n) is 6.56. The number of carbonyl (C=O) groups is 1. The number of halogens is 3. The highest BCUT2D eigenvalue weighted by Crippen LogP contribution is 2.35. The van der Waals surface area contributed by atoms with Crippen molar-refractivity contribution < 1.29 is 18.0 Å². The molecule has 1 aliphatic rings. The first kappa shape index (κ1) is 18.8. The molecule has 0 saturated heterocycles. The molecule has 10 heteroatoms. The van der Waals surface area contributed by atoms with Crippen LogP contribution in [-0.4, -0.2) is 25.9 Å². The Balaban J connectivity index is 1.68. The van der Waals surface area contributed by atoms with Gasteiger partial charge in [-0.2, -0.15) is 18.3 Å². The van der Waals surface area contributed by atoms with Gasteiger partial charge in [0, 0.05) is 11.6 Å². The van der Waals surface area contributed by atoms with Gasteiger partial charge in [-0.15, -0.1) is 10.2 Å². The minimum absolute atomic E-state index is 0.264. The molecule has 2 aromatic heterocycles. The molecule has 1 saturated carbocycles. The zero-order chi connectivity index (χ0) is 18.9. The third-order valence-electron chi connectivity index (χ3n) is 4.58. The van der Waals surface area contributed by atoms with Crippen molar-refractivity contribution in [3.05, 3.63) is 22.5 Å². The van der Waals surface area contributed by atoms with Gasteiger partial charge in [0.25, 0.3) is 5.91 Å². The molecule has 3 rings (SSSR count). The highest BCUT2D eigenvalue weighted by molar-refractivity contribution is 7.15. The molecule has 2 aromatic rings. The molecule has 1 aliphatic carbocycles. The fourth-order valence-electron chi connectivity index (χ4n) is 3.14. The lowest BCUT2D eigenvalue weighted by Gasteiger charge is -2.18. The van der Waals surface area contributed by atoms with Gasteiger partial charge < -0.3 is 0 Å². The van der Waals surface area contributed by atoms with Crippen LogP contribution in [0, 0.1) is 6.92 Å². The van der Waals surface area contributed by atoms with Gasteiger partial charge >= 0.3 is 6.18 Å². The smallest absolute Gasteiger partial charge is 0.299 e. The minimum atomic E-state index is -4.54. The number of aryl methyl sites for hydroxylation is 1. The van der Waals surface area contributed by atoms with E-state index in [1.807, 2.05) is 0 Å². The zero-order valence-electron chi connectivity index (χ0n) is 14.5. The van der Waals surface area contributed by atoms with Crippen LogP contribution in [0.15, 0.2) is 6.07 Å². The van der Waals surface area contributed by atoms with E-state index < -0.39 is 23.8 Å². The molecule has 1 fully saturated rings. The Bertz CT molecular complexity index is 779. The molecule has 0 bridgehead atoms. The average molecular weight is 387 g/mol. The monoisotopic (exact) mass is 387 g/mol. The van der Waals surface area contributed by atoms with Gasteiger partial charge in [0.2, 0.25) is 5.13 Å². The summed E-state index contributed by atoms with van der Waals surface area (Å²) in [6.45, 7) is 2.98. The summed E-state index contributed by atoms with van der Waals surface area (Å²) < 4.78 is 39.4. The maximum absolute atomic E-state index is 12.8. The van der Waals surface area contributed by atoms with Gasteiger partial charge in [0.05, 0.1) is 0 Å². The zero-order valence-corrected chi connectivity index (χ0v) is 15.3. The van der Waals surface area contributed by atoms with Crippen molar-refractivity contribution in [2.45, 2.75) is 64.1 Å². The number of hydrogen-bond donors (Lipinski definition) is 1. The van der Waals surface area contributed by atoms with Gasteiger partial charge in [-0.05, 0) is 32.8 Å². The maximum Gasteiger partial charge on any atom is 0.435 e. The summed E-state index contributed by atoms with van der Waals surface area (Å²) in [4.78, 5) is 12.4. The second-order valence-corrected chi connectivity index (χ2v) is 7.57. The number of rotatable bonds is 4. The lowest BCUT2D eigenvalue weighted by atomic mass is 9.90. The molecule has 1 atom stereocenters. The molecule has 142 valence electrons. The van der Waals surface area contributed by atoms with Gasteiger partial charge in [0.15, 0.2) is 5.69 Å². The predicted molar refractivity (Wildman–Crippen MR) is 91.0 cm³/mol. The fourth-order valence-corrected chi connectivity index (χ4v) is 4.05. The number of hydrogen-bond acceptors (Lipinski definition) is 5. The number of amides is 1. The molecule has 1 N–H and O–H groups in total. The summed E-state index contributed by atoms with van der Waals surface area (Å²) in [5.74, 6) is -0.0942. The Kier molecular flexibility index (Phi) is 5.31. The van der Waals surface area contributed by atoms with Gasteiger partial charge in [-0.3, -0.25) is 14.8 Å². The van der Waals surface area contributed by atoms with Crippen LogP contribution in [0.1, 0.15) is 67.4 Å². The van der Waals surface area contributed by atoms with Crippen molar-refractivity contribution in [3.63, 3.8) is 0 Å². The van der Waals surface area contributed by atoms with Crippen molar-refractivity contribution in [1.29, 1.82) is 0 Å². The summed E-state index contributed by atoms with van der Waals surface area (Å²) in [6, 6.07) is 0.0312. The summed E-state index contributed by atoms with van der Waals surface area (Å²) in [5.41, 5.74) is -0.745. The highest BCUT2D eigenvalue weighted by atomic mass is 32.1. The lowest BCUT2D eigenvalue weighted by molar-refractivity contribution is -0.141. The standard InChI is InChI=1S/C16H20F3N5OS/c1-9-8-12(16(17,18)19)23-24(9)10(2)13(25)20-15-22-21-14(26-15)11-6-4-3-5-7-11/h8,10-11H,3-7H2,1-2H3,(H,20,22,25). The third-order valence-corrected chi connectivity index (χ3v) is 5.59. The van der Waals surface area contributed by atoms with Crippen LogP contribution in [0.2, 0.25) is 0 Å². The van der Waals surface area contributed by atoms with Crippen LogP contribution in [0.4, 0.5) is 18.3 Å². The van der Waals surface area contributed by atoms with Crippen LogP contribution in [0.3, 0.4) is 0 Å². The molecule has 0 aromatic carbocycles. The van der Waals surface area contributed by atoms with E-state index in [-0.39, 0.29) is 5.69 Å². The first-order chi connectivity index (χ1) is 12.3.